The number of hydrogen-bond acceptors (Lipinski definition) is 2. The van der Waals surface area contributed by atoms with Crippen molar-refractivity contribution in [2.24, 2.45) is 0 Å². The molecule has 0 atom stereocenters. The maximum atomic E-state index is 12.7. The first-order valence-corrected chi connectivity index (χ1v) is 5.45. The van der Waals surface area contributed by atoms with Crippen LogP contribution in [0.4, 0.5) is 15.0 Å². The molecule has 2 aromatic rings. The van der Waals surface area contributed by atoms with Crippen molar-refractivity contribution in [3.63, 3.8) is 0 Å². The normalized spacial score (nSPS) is 10.1. The summed E-state index contributed by atoms with van der Waals surface area (Å²) in [6.45, 7) is 2.17. The SMILES string of the molecule is Cc1cc(NC(=O)NCc2ccc(F)cc2)n[nH]1. The molecule has 1 aromatic carbocycles. The molecule has 0 fully saturated rings. The summed E-state index contributed by atoms with van der Waals surface area (Å²) in [5, 5.41) is 11.8. The van der Waals surface area contributed by atoms with Gasteiger partial charge in [-0.2, -0.15) is 5.10 Å². The Morgan fingerprint density at radius 2 is 2.11 bits per heavy atom. The van der Waals surface area contributed by atoms with Crippen LogP contribution >= 0.6 is 0 Å². The van der Waals surface area contributed by atoms with E-state index in [4.69, 9.17) is 0 Å². The molecule has 0 bridgehead atoms. The number of aromatic amines is 1. The molecule has 0 radical (unpaired) electrons. The van der Waals surface area contributed by atoms with Gasteiger partial charge in [-0.15, -0.1) is 0 Å². The van der Waals surface area contributed by atoms with Crippen LogP contribution in [0.1, 0.15) is 11.3 Å². The standard InChI is InChI=1S/C12H13FN4O/c1-8-6-11(17-16-8)15-12(18)14-7-9-2-4-10(13)5-3-9/h2-6H,7H2,1H3,(H3,14,15,16,17,18). The highest BCUT2D eigenvalue weighted by molar-refractivity contribution is 5.88. The Balaban J connectivity index is 1.83. The molecule has 0 saturated heterocycles. The Labute approximate surface area is 103 Å². The van der Waals surface area contributed by atoms with Crippen LogP contribution in [-0.2, 0) is 6.54 Å². The molecule has 1 heterocycles. The highest BCUT2D eigenvalue weighted by Gasteiger charge is 2.03. The predicted molar refractivity (Wildman–Crippen MR) is 65.6 cm³/mol. The minimum Gasteiger partial charge on any atom is -0.334 e. The van der Waals surface area contributed by atoms with E-state index < -0.39 is 0 Å². The van der Waals surface area contributed by atoms with Gasteiger partial charge in [-0.25, -0.2) is 9.18 Å². The highest BCUT2D eigenvalue weighted by Crippen LogP contribution is 2.04. The molecule has 6 heteroatoms. The van der Waals surface area contributed by atoms with Gasteiger partial charge in [0.2, 0.25) is 0 Å². The minimum atomic E-state index is -0.356. The number of anilines is 1. The van der Waals surface area contributed by atoms with Gasteiger partial charge < -0.3 is 5.32 Å². The number of rotatable bonds is 3. The first-order valence-electron chi connectivity index (χ1n) is 5.45. The van der Waals surface area contributed by atoms with Crippen molar-refractivity contribution in [2.75, 3.05) is 5.32 Å². The maximum Gasteiger partial charge on any atom is 0.320 e. The van der Waals surface area contributed by atoms with E-state index in [-0.39, 0.29) is 11.8 Å². The first-order chi connectivity index (χ1) is 8.63. The van der Waals surface area contributed by atoms with Crippen molar-refractivity contribution in [3.05, 3.63) is 47.4 Å². The first kappa shape index (κ1) is 12.1. The number of aromatic nitrogens is 2. The molecule has 0 aliphatic heterocycles. The fourth-order valence-electron chi connectivity index (χ4n) is 1.43. The van der Waals surface area contributed by atoms with Gasteiger partial charge in [-0.3, -0.25) is 10.4 Å². The van der Waals surface area contributed by atoms with Crippen LogP contribution < -0.4 is 10.6 Å². The largest absolute Gasteiger partial charge is 0.334 e. The number of urea groups is 1. The molecule has 0 aliphatic carbocycles. The summed E-state index contributed by atoms with van der Waals surface area (Å²) >= 11 is 0. The fraction of sp³-hybridized carbons (Fsp3) is 0.167. The van der Waals surface area contributed by atoms with Crippen molar-refractivity contribution >= 4 is 11.8 Å². The monoisotopic (exact) mass is 248 g/mol. The van der Waals surface area contributed by atoms with Gasteiger partial charge in [0.25, 0.3) is 0 Å². The number of halogens is 1. The molecule has 2 rings (SSSR count). The fourth-order valence-corrected chi connectivity index (χ4v) is 1.43. The van der Waals surface area contributed by atoms with Gasteiger partial charge in [0.05, 0.1) is 0 Å². The van der Waals surface area contributed by atoms with E-state index in [1.165, 1.54) is 12.1 Å². The summed E-state index contributed by atoms with van der Waals surface area (Å²) in [4.78, 5) is 11.5. The number of aryl methyl sites for hydroxylation is 1. The summed E-state index contributed by atoms with van der Waals surface area (Å²) in [5.41, 5.74) is 1.69. The van der Waals surface area contributed by atoms with E-state index in [0.29, 0.717) is 12.4 Å². The Hall–Kier alpha value is -2.37. The third kappa shape index (κ3) is 3.31. The third-order valence-electron chi connectivity index (χ3n) is 2.31. The number of nitrogens with one attached hydrogen (secondary N) is 3. The molecule has 3 N–H and O–H groups in total. The van der Waals surface area contributed by atoms with Crippen LogP contribution in [-0.4, -0.2) is 16.2 Å². The Morgan fingerprint density at radius 3 is 2.72 bits per heavy atom. The number of H-pyrrole nitrogens is 1. The average molecular weight is 248 g/mol. The van der Waals surface area contributed by atoms with Crippen molar-refractivity contribution in [3.8, 4) is 0 Å². The molecule has 0 aliphatic rings. The van der Waals surface area contributed by atoms with E-state index in [2.05, 4.69) is 20.8 Å². The van der Waals surface area contributed by atoms with Gasteiger partial charge >= 0.3 is 6.03 Å². The summed E-state index contributed by atoms with van der Waals surface area (Å²) in [6.07, 6.45) is 0. The van der Waals surface area contributed by atoms with Crippen LogP contribution in [0.3, 0.4) is 0 Å². The lowest BCUT2D eigenvalue weighted by atomic mass is 10.2. The van der Waals surface area contributed by atoms with Crippen LogP contribution in [0.5, 0.6) is 0 Å². The maximum absolute atomic E-state index is 12.7. The highest BCUT2D eigenvalue weighted by atomic mass is 19.1. The van der Waals surface area contributed by atoms with Gasteiger partial charge in [0.15, 0.2) is 5.82 Å². The quantitative estimate of drug-likeness (QED) is 0.779. The number of hydrogen-bond donors (Lipinski definition) is 3. The molecular formula is C12H13FN4O. The second kappa shape index (κ2) is 5.31. The topological polar surface area (TPSA) is 69.8 Å². The lowest BCUT2D eigenvalue weighted by Gasteiger charge is -2.05. The molecule has 0 unspecified atom stereocenters. The number of carbonyl (C=O) groups is 1. The van der Waals surface area contributed by atoms with Crippen LogP contribution in [0.2, 0.25) is 0 Å². The summed E-state index contributed by atoms with van der Waals surface area (Å²) in [6, 6.07) is 7.31. The summed E-state index contributed by atoms with van der Waals surface area (Å²) in [7, 11) is 0. The summed E-state index contributed by atoms with van der Waals surface area (Å²) in [5.74, 6) is 0.166. The van der Waals surface area contributed by atoms with E-state index in [0.717, 1.165) is 11.3 Å². The average Bonchev–Trinajstić information content (AvgIpc) is 2.74. The van der Waals surface area contributed by atoms with Crippen LogP contribution in [0.15, 0.2) is 30.3 Å². The lowest BCUT2D eigenvalue weighted by Crippen LogP contribution is -2.28. The van der Waals surface area contributed by atoms with E-state index >= 15 is 0 Å². The Morgan fingerprint density at radius 1 is 1.39 bits per heavy atom. The predicted octanol–water partition coefficient (Wildman–Crippen LogP) is 2.18. The number of nitrogens with zero attached hydrogens (tertiary/aromatic N) is 1. The van der Waals surface area contributed by atoms with Gasteiger partial charge in [0, 0.05) is 18.3 Å². The van der Waals surface area contributed by atoms with E-state index in [1.54, 1.807) is 18.2 Å². The van der Waals surface area contributed by atoms with Gasteiger partial charge in [0.1, 0.15) is 5.82 Å². The van der Waals surface area contributed by atoms with Crippen LogP contribution in [0.25, 0.3) is 0 Å². The van der Waals surface area contributed by atoms with Gasteiger partial charge in [-0.1, -0.05) is 12.1 Å². The number of benzene rings is 1. The summed E-state index contributed by atoms with van der Waals surface area (Å²) < 4.78 is 12.7. The number of amides is 2. The lowest BCUT2D eigenvalue weighted by molar-refractivity contribution is 0.251. The third-order valence-corrected chi connectivity index (χ3v) is 2.31. The molecule has 5 nitrogen and oxygen atoms in total. The zero-order valence-corrected chi connectivity index (χ0v) is 9.83. The van der Waals surface area contributed by atoms with Crippen molar-refractivity contribution in [1.82, 2.24) is 15.5 Å². The van der Waals surface area contributed by atoms with Crippen molar-refractivity contribution in [1.29, 1.82) is 0 Å². The Kier molecular flexibility index (Phi) is 3.57. The molecule has 18 heavy (non-hydrogen) atoms. The zero-order chi connectivity index (χ0) is 13.0. The van der Waals surface area contributed by atoms with Crippen LogP contribution in [0, 0.1) is 12.7 Å². The molecule has 0 saturated carbocycles. The van der Waals surface area contributed by atoms with Crippen molar-refractivity contribution < 1.29 is 9.18 Å². The van der Waals surface area contributed by atoms with E-state index in [1.807, 2.05) is 6.92 Å². The second-order valence-corrected chi connectivity index (χ2v) is 3.87. The minimum absolute atomic E-state index is 0.296. The molecule has 2 amide bonds. The Bertz CT molecular complexity index is 535. The molecule has 1 aromatic heterocycles. The zero-order valence-electron chi connectivity index (χ0n) is 9.83. The second-order valence-electron chi connectivity index (χ2n) is 3.87. The smallest absolute Gasteiger partial charge is 0.320 e. The van der Waals surface area contributed by atoms with Gasteiger partial charge in [-0.05, 0) is 24.6 Å². The van der Waals surface area contributed by atoms with Crippen molar-refractivity contribution in [2.45, 2.75) is 13.5 Å². The number of carbonyl (C=O) groups excluding carboxylic acids is 1. The van der Waals surface area contributed by atoms with E-state index in [9.17, 15) is 9.18 Å². The molecule has 0 spiro atoms. The molecule has 94 valence electrons. The molecular weight excluding hydrogens is 235 g/mol.